The molecule has 58 heavy (non-hydrogen) atoms. The van der Waals surface area contributed by atoms with E-state index in [2.05, 4.69) is 169 Å². The number of hydrogen-bond acceptors (Lipinski definition) is 4. The fourth-order valence-corrected chi connectivity index (χ4v) is 9.07. The van der Waals surface area contributed by atoms with Gasteiger partial charge in [-0.1, -0.05) is 110 Å². The molecule has 7 aromatic carbocycles. The third-order valence-electron chi connectivity index (χ3n) is 11.6. The van der Waals surface area contributed by atoms with Gasteiger partial charge in [-0.15, -0.1) is 6.42 Å². The van der Waals surface area contributed by atoms with Gasteiger partial charge in [-0.3, -0.25) is 0 Å². The third-order valence-corrected chi connectivity index (χ3v) is 11.6. The van der Waals surface area contributed by atoms with Crippen LogP contribution in [-0.2, 0) is 6.42 Å². The molecule has 2 aromatic heterocycles. The molecule has 0 N–H and O–H groups in total. The van der Waals surface area contributed by atoms with Crippen LogP contribution in [0.2, 0.25) is 0 Å². The van der Waals surface area contributed by atoms with Crippen molar-refractivity contribution >= 4 is 89.0 Å². The summed E-state index contributed by atoms with van der Waals surface area (Å²) in [5.74, 6) is 3.47. The van der Waals surface area contributed by atoms with Crippen LogP contribution in [0.4, 0.5) is 28.4 Å². The molecule has 0 amide bonds. The van der Waals surface area contributed by atoms with Crippen LogP contribution in [0.25, 0.3) is 60.5 Å². The molecular weight excluding hydrogens is 709 g/mol. The Morgan fingerprint density at radius 1 is 0.638 bits per heavy atom. The standard InChI is InChI=1S/C54H42N2O2/c1-5-7-22-41-36(4)57-53-43(41)24-16-26-48(53)56(39-20-12-9-13-21-39)47-33-29-35(3)51-45(47)32-30-37-31-34-46(40(6-2)52(37)51)55(38-18-10-8-11-19-38)49-27-17-25-44-42-23-14-15-28-50(42)58-54(44)49/h1,7,9-10,12-34H,6,8,11H2,2-4H3/b22-7-. The van der Waals surface area contributed by atoms with Crippen molar-refractivity contribution < 1.29 is 8.83 Å². The Bertz CT molecular complexity index is 3200. The van der Waals surface area contributed by atoms with Gasteiger partial charge in [0.2, 0.25) is 0 Å². The van der Waals surface area contributed by atoms with E-state index >= 15 is 0 Å². The summed E-state index contributed by atoms with van der Waals surface area (Å²) >= 11 is 0. The van der Waals surface area contributed by atoms with E-state index in [4.69, 9.17) is 15.3 Å². The van der Waals surface area contributed by atoms with Gasteiger partial charge in [-0.05, 0) is 121 Å². The lowest BCUT2D eigenvalue weighted by Crippen LogP contribution is -2.18. The van der Waals surface area contributed by atoms with Gasteiger partial charge in [-0.2, -0.15) is 0 Å². The lowest BCUT2D eigenvalue weighted by atomic mass is 9.91. The maximum atomic E-state index is 6.69. The first-order chi connectivity index (χ1) is 28.6. The number of anilines is 5. The van der Waals surface area contributed by atoms with Gasteiger partial charge in [-0.25, -0.2) is 0 Å². The summed E-state index contributed by atoms with van der Waals surface area (Å²) in [6.45, 7) is 6.52. The number of para-hydroxylation sites is 4. The van der Waals surface area contributed by atoms with Gasteiger partial charge in [0.25, 0.3) is 0 Å². The van der Waals surface area contributed by atoms with E-state index in [1.807, 2.05) is 19.1 Å². The molecule has 1 aliphatic carbocycles. The van der Waals surface area contributed by atoms with Gasteiger partial charge >= 0.3 is 0 Å². The van der Waals surface area contributed by atoms with E-state index in [-0.39, 0.29) is 0 Å². The molecule has 10 rings (SSSR count). The molecule has 280 valence electrons. The van der Waals surface area contributed by atoms with Gasteiger partial charge in [0, 0.05) is 38.5 Å². The number of benzene rings is 7. The predicted octanol–water partition coefficient (Wildman–Crippen LogP) is 15.3. The summed E-state index contributed by atoms with van der Waals surface area (Å²) in [4.78, 5) is 4.77. The topological polar surface area (TPSA) is 32.8 Å². The Hall–Kier alpha value is -7.22. The highest BCUT2D eigenvalue weighted by Crippen LogP contribution is 2.48. The Morgan fingerprint density at radius 3 is 2.16 bits per heavy atom. The zero-order valence-corrected chi connectivity index (χ0v) is 32.9. The second-order valence-corrected chi connectivity index (χ2v) is 15.0. The summed E-state index contributed by atoms with van der Waals surface area (Å²) in [7, 11) is 0. The van der Waals surface area contributed by atoms with Crippen LogP contribution < -0.4 is 9.80 Å². The van der Waals surface area contributed by atoms with E-state index in [9.17, 15) is 0 Å². The average molecular weight is 751 g/mol. The molecule has 0 saturated heterocycles. The second kappa shape index (κ2) is 14.4. The van der Waals surface area contributed by atoms with Crippen LogP contribution in [0, 0.1) is 26.2 Å². The minimum absolute atomic E-state index is 0.816. The van der Waals surface area contributed by atoms with Crippen molar-refractivity contribution in [2.75, 3.05) is 9.80 Å². The van der Waals surface area contributed by atoms with Crippen LogP contribution in [-0.4, -0.2) is 0 Å². The molecule has 0 atom stereocenters. The van der Waals surface area contributed by atoms with Crippen LogP contribution in [0.15, 0.2) is 166 Å². The summed E-state index contributed by atoms with van der Waals surface area (Å²) in [6, 6.07) is 45.5. The first-order valence-electron chi connectivity index (χ1n) is 20.1. The lowest BCUT2D eigenvalue weighted by Gasteiger charge is -2.31. The molecule has 0 fully saturated rings. The monoisotopic (exact) mass is 750 g/mol. The van der Waals surface area contributed by atoms with Crippen molar-refractivity contribution in [2.24, 2.45) is 0 Å². The molecule has 4 nitrogen and oxygen atoms in total. The zero-order valence-electron chi connectivity index (χ0n) is 32.9. The van der Waals surface area contributed by atoms with Gasteiger partial charge in [0.1, 0.15) is 11.3 Å². The fourth-order valence-electron chi connectivity index (χ4n) is 9.07. The van der Waals surface area contributed by atoms with Gasteiger partial charge in [0.05, 0.1) is 22.7 Å². The maximum absolute atomic E-state index is 6.69. The molecule has 0 spiro atoms. The second-order valence-electron chi connectivity index (χ2n) is 15.0. The SMILES string of the molecule is C#C/C=C\c1c(C)oc2c(N(c3ccccc3)c3ccc(C)c4c3ccc3ccc(N(C5=CCCC=C5)c5cccc6c5oc5ccccc56)c(CC)c34)cccc12. The van der Waals surface area contributed by atoms with E-state index in [1.54, 1.807) is 6.08 Å². The number of terminal acetylenes is 1. The molecule has 0 radical (unpaired) electrons. The third kappa shape index (κ3) is 5.62. The molecule has 2 heterocycles. The quantitative estimate of drug-likeness (QED) is 0.114. The Balaban J connectivity index is 1.25. The lowest BCUT2D eigenvalue weighted by molar-refractivity contribution is 0.578. The number of allylic oxidation sites excluding steroid dienone is 4. The summed E-state index contributed by atoms with van der Waals surface area (Å²) in [5, 5.41) is 8.14. The molecule has 9 aromatic rings. The zero-order chi connectivity index (χ0) is 39.3. The number of hydrogen-bond donors (Lipinski definition) is 0. The van der Waals surface area contributed by atoms with E-state index in [0.29, 0.717) is 0 Å². The Morgan fingerprint density at radius 2 is 1.36 bits per heavy atom. The molecule has 0 saturated carbocycles. The number of fused-ring (bicyclic) bond motifs is 7. The van der Waals surface area contributed by atoms with Gasteiger partial charge < -0.3 is 18.6 Å². The average Bonchev–Trinajstić information content (AvgIpc) is 3.81. The Labute approximate surface area is 338 Å². The van der Waals surface area contributed by atoms with Crippen molar-refractivity contribution in [1.82, 2.24) is 0 Å². The normalized spacial score (nSPS) is 13.0. The van der Waals surface area contributed by atoms with Crippen molar-refractivity contribution in [3.63, 3.8) is 0 Å². The molecule has 0 aliphatic heterocycles. The largest absolute Gasteiger partial charge is 0.459 e. The number of furan rings is 2. The van der Waals surface area contributed by atoms with Crippen molar-refractivity contribution in [3.05, 3.63) is 180 Å². The predicted molar refractivity (Wildman–Crippen MR) is 245 cm³/mol. The highest BCUT2D eigenvalue weighted by Gasteiger charge is 2.26. The summed E-state index contributed by atoms with van der Waals surface area (Å²) < 4.78 is 13.3. The minimum Gasteiger partial charge on any atom is -0.459 e. The molecule has 0 bridgehead atoms. The number of nitrogens with zero attached hydrogens (tertiary/aromatic N) is 2. The van der Waals surface area contributed by atoms with Crippen molar-refractivity contribution in [2.45, 2.75) is 40.0 Å². The van der Waals surface area contributed by atoms with E-state index in [0.717, 1.165) is 97.6 Å². The highest BCUT2D eigenvalue weighted by molar-refractivity contribution is 6.18. The molecule has 0 unspecified atom stereocenters. The number of aryl methyl sites for hydroxylation is 3. The van der Waals surface area contributed by atoms with Crippen LogP contribution in [0.3, 0.4) is 0 Å². The minimum atomic E-state index is 0.816. The van der Waals surface area contributed by atoms with Crippen LogP contribution in [0.5, 0.6) is 0 Å². The Kier molecular flexibility index (Phi) is 8.73. The van der Waals surface area contributed by atoms with E-state index in [1.165, 1.54) is 32.7 Å². The fraction of sp³-hybridized carbons (Fsp3) is 0.111. The van der Waals surface area contributed by atoms with Crippen molar-refractivity contribution in [3.8, 4) is 12.3 Å². The summed E-state index contributed by atoms with van der Waals surface area (Å²) in [6.07, 6.45) is 19.1. The van der Waals surface area contributed by atoms with Crippen LogP contribution >= 0.6 is 0 Å². The summed E-state index contributed by atoms with van der Waals surface area (Å²) in [5.41, 5.74) is 12.5. The first-order valence-corrected chi connectivity index (χ1v) is 20.1. The van der Waals surface area contributed by atoms with E-state index < -0.39 is 0 Å². The number of rotatable bonds is 8. The molecule has 4 heteroatoms. The van der Waals surface area contributed by atoms with Crippen LogP contribution in [0.1, 0.15) is 42.2 Å². The highest BCUT2D eigenvalue weighted by atomic mass is 16.3. The molecule has 1 aliphatic rings. The van der Waals surface area contributed by atoms with Gasteiger partial charge in [0.15, 0.2) is 11.2 Å². The molecular formula is C54H42N2O2. The first kappa shape index (κ1) is 35.2. The smallest absolute Gasteiger partial charge is 0.159 e. The maximum Gasteiger partial charge on any atom is 0.159 e. The van der Waals surface area contributed by atoms with Crippen molar-refractivity contribution in [1.29, 1.82) is 0 Å².